The van der Waals surface area contributed by atoms with Crippen LogP contribution in [0.3, 0.4) is 0 Å². The number of rotatable bonds is 9. The third-order valence-corrected chi connectivity index (χ3v) is 7.82. The smallest absolute Gasteiger partial charge is 0.273 e. The van der Waals surface area contributed by atoms with Gasteiger partial charge in [0.1, 0.15) is 9.96 Å². The maximum Gasteiger partial charge on any atom is 0.273 e. The predicted octanol–water partition coefficient (Wildman–Crippen LogP) is 3.94. The van der Waals surface area contributed by atoms with Crippen LogP contribution < -0.4 is 14.4 Å². The summed E-state index contributed by atoms with van der Waals surface area (Å²) < 4.78 is 31.9. The van der Waals surface area contributed by atoms with E-state index in [4.69, 9.17) is 4.74 Å². The lowest BCUT2D eigenvalue weighted by Gasteiger charge is -2.18. The molecular weight excluding hydrogens is 420 g/mol. The van der Waals surface area contributed by atoms with Crippen molar-refractivity contribution in [3.63, 3.8) is 0 Å². The van der Waals surface area contributed by atoms with Gasteiger partial charge in [-0.15, -0.1) is 11.3 Å². The Labute approximate surface area is 181 Å². The molecule has 2 aromatic carbocycles. The Morgan fingerprint density at radius 2 is 1.87 bits per heavy atom. The molecule has 0 aliphatic carbocycles. The molecule has 1 N–H and O–H groups in total. The Morgan fingerprint density at radius 1 is 1.10 bits per heavy atom. The summed E-state index contributed by atoms with van der Waals surface area (Å²) >= 11 is 1.17. The summed E-state index contributed by atoms with van der Waals surface area (Å²) in [4.78, 5) is 12.4. The highest BCUT2D eigenvalue weighted by Gasteiger charge is 2.22. The minimum absolute atomic E-state index is 0.184. The van der Waals surface area contributed by atoms with Gasteiger partial charge in [-0.05, 0) is 66.2 Å². The molecule has 0 aliphatic heterocycles. The minimum atomic E-state index is -3.59. The topological polar surface area (TPSA) is 75.7 Å². The Kier molecular flexibility index (Phi) is 7.12. The number of anilines is 1. The van der Waals surface area contributed by atoms with Crippen molar-refractivity contribution >= 4 is 33.0 Å². The summed E-state index contributed by atoms with van der Waals surface area (Å²) in [6.07, 6.45) is 1.64. The number of methoxy groups -OCH3 is 1. The van der Waals surface area contributed by atoms with E-state index in [0.717, 1.165) is 24.2 Å². The number of ether oxygens (including phenoxy) is 1. The molecule has 3 aromatic rings. The van der Waals surface area contributed by atoms with Crippen molar-refractivity contribution in [1.82, 2.24) is 5.32 Å². The highest BCUT2D eigenvalue weighted by atomic mass is 32.2. The van der Waals surface area contributed by atoms with Crippen molar-refractivity contribution in [2.24, 2.45) is 0 Å². The summed E-state index contributed by atoms with van der Waals surface area (Å²) in [5.41, 5.74) is 2.14. The molecule has 0 saturated heterocycles. The molecule has 1 amide bonds. The van der Waals surface area contributed by atoms with Gasteiger partial charge in [-0.2, -0.15) is 0 Å². The average molecular weight is 445 g/mol. The number of nitrogens with one attached hydrogen (secondary N) is 1. The van der Waals surface area contributed by atoms with Gasteiger partial charge in [0.05, 0.1) is 12.8 Å². The van der Waals surface area contributed by atoms with Gasteiger partial charge < -0.3 is 10.1 Å². The zero-order valence-electron chi connectivity index (χ0n) is 16.9. The lowest BCUT2D eigenvalue weighted by molar-refractivity contribution is 0.0953. The van der Waals surface area contributed by atoms with Crippen LogP contribution in [0.4, 0.5) is 5.69 Å². The molecule has 6 nitrogen and oxygen atoms in total. The molecule has 0 atom stereocenters. The standard InChI is InChI=1S/C22H24N2O4S2/c1-24(30(26,27)21-9-5-15-29-21)19-12-10-18(11-13-19)22(25)23-14-4-7-17-6-3-8-20(16-17)28-2/h3,5-6,8-13,15-16H,4,7,14H2,1-2H3,(H,23,25). The van der Waals surface area contributed by atoms with Crippen LogP contribution in [0.1, 0.15) is 22.3 Å². The molecule has 158 valence electrons. The first-order valence-electron chi connectivity index (χ1n) is 9.45. The van der Waals surface area contributed by atoms with Crippen molar-refractivity contribution < 1.29 is 17.9 Å². The molecule has 8 heteroatoms. The number of benzene rings is 2. The third-order valence-electron chi connectivity index (χ3n) is 4.66. The van der Waals surface area contributed by atoms with Gasteiger partial charge in [0.25, 0.3) is 15.9 Å². The fourth-order valence-electron chi connectivity index (χ4n) is 2.93. The lowest BCUT2D eigenvalue weighted by Crippen LogP contribution is -2.26. The molecule has 1 heterocycles. The van der Waals surface area contributed by atoms with E-state index in [1.165, 1.54) is 22.7 Å². The molecule has 0 aliphatic rings. The van der Waals surface area contributed by atoms with Gasteiger partial charge >= 0.3 is 0 Å². The number of carbonyl (C=O) groups excluding carboxylic acids is 1. The van der Waals surface area contributed by atoms with Crippen molar-refractivity contribution in [3.8, 4) is 5.75 Å². The van der Waals surface area contributed by atoms with Gasteiger partial charge in [0.2, 0.25) is 0 Å². The molecular formula is C22H24N2O4S2. The van der Waals surface area contributed by atoms with Crippen LogP contribution in [-0.4, -0.2) is 35.0 Å². The molecule has 0 spiro atoms. The molecule has 0 saturated carbocycles. The summed E-state index contributed by atoms with van der Waals surface area (Å²) in [5.74, 6) is 0.638. The Morgan fingerprint density at radius 3 is 2.53 bits per heavy atom. The van der Waals surface area contributed by atoms with Gasteiger partial charge in [0, 0.05) is 19.2 Å². The lowest BCUT2D eigenvalue weighted by atomic mass is 10.1. The summed E-state index contributed by atoms with van der Waals surface area (Å²) in [6, 6.07) is 17.7. The normalized spacial score (nSPS) is 11.1. The number of hydrogen-bond donors (Lipinski definition) is 1. The minimum Gasteiger partial charge on any atom is -0.497 e. The second kappa shape index (κ2) is 9.77. The number of nitrogens with zero attached hydrogens (tertiary/aromatic N) is 1. The quantitative estimate of drug-likeness (QED) is 0.507. The summed E-state index contributed by atoms with van der Waals surface area (Å²) in [7, 11) is -0.447. The zero-order chi connectivity index (χ0) is 21.6. The van der Waals surface area contributed by atoms with Gasteiger partial charge in [-0.25, -0.2) is 8.42 Å². The number of hydrogen-bond acceptors (Lipinski definition) is 5. The highest BCUT2D eigenvalue weighted by molar-refractivity contribution is 7.94. The van der Waals surface area contributed by atoms with Crippen LogP contribution in [0.5, 0.6) is 5.75 Å². The fraction of sp³-hybridized carbons (Fsp3) is 0.227. The fourth-order valence-corrected chi connectivity index (χ4v) is 5.29. The van der Waals surface area contributed by atoms with Crippen molar-refractivity contribution in [3.05, 3.63) is 77.2 Å². The van der Waals surface area contributed by atoms with Crippen LogP contribution in [0.25, 0.3) is 0 Å². The maximum atomic E-state index is 12.6. The Balaban J connectivity index is 1.53. The van der Waals surface area contributed by atoms with Crippen LogP contribution >= 0.6 is 11.3 Å². The number of sulfonamides is 1. The van der Waals surface area contributed by atoms with E-state index in [-0.39, 0.29) is 10.1 Å². The number of amides is 1. The van der Waals surface area contributed by atoms with Crippen molar-refractivity contribution in [2.75, 3.05) is 25.0 Å². The second-order valence-electron chi connectivity index (χ2n) is 6.66. The SMILES string of the molecule is COc1cccc(CCCNC(=O)c2ccc(N(C)S(=O)(=O)c3cccs3)cc2)c1. The van der Waals surface area contributed by atoms with E-state index in [2.05, 4.69) is 5.32 Å². The van der Waals surface area contributed by atoms with Crippen molar-refractivity contribution in [1.29, 1.82) is 0 Å². The number of thiophene rings is 1. The van der Waals surface area contributed by atoms with E-state index in [0.29, 0.717) is 17.8 Å². The number of carbonyl (C=O) groups is 1. The van der Waals surface area contributed by atoms with E-state index < -0.39 is 10.0 Å². The largest absolute Gasteiger partial charge is 0.497 e. The maximum absolute atomic E-state index is 12.6. The molecule has 30 heavy (non-hydrogen) atoms. The van der Waals surface area contributed by atoms with Crippen LogP contribution in [-0.2, 0) is 16.4 Å². The van der Waals surface area contributed by atoms with E-state index in [9.17, 15) is 13.2 Å². The molecule has 1 aromatic heterocycles. The molecule has 3 rings (SSSR count). The first-order chi connectivity index (χ1) is 14.4. The van der Waals surface area contributed by atoms with E-state index >= 15 is 0 Å². The summed E-state index contributed by atoms with van der Waals surface area (Å²) in [5, 5.41) is 4.62. The first-order valence-corrected chi connectivity index (χ1v) is 11.8. The third kappa shape index (κ3) is 5.20. The predicted molar refractivity (Wildman–Crippen MR) is 120 cm³/mol. The molecule has 0 bridgehead atoms. The molecule has 0 fully saturated rings. The van der Waals surface area contributed by atoms with Crippen LogP contribution in [0.2, 0.25) is 0 Å². The zero-order valence-corrected chi connectivity index (χ0v) is 18.5. The van der Waals surface area contributed by atoms with Gasteiger partial charge in [-0.3, -0.25) is 9.10 Å². The Bertz CT molecular complexity index is 1080. The van der Waals surface area contributed by atoms with Crippen LogP contribution in [0.15, 0.2) is 70.3 Å². The van der Waals surface area contributed by atoms with Gasteiger partial charge in [0.15, 0.2) is 0 Å². The second-order valence-corrected chi connectivity index (χ2v) is 9.81. The highest BCUT2D eigenvalue weighted by Crippen LogP contribution is 2.25. The number of aryl methyl sites for hydroxylation is 1. The van der Waals surface area contributed by atoms with E-state index in [1.54, 1.807) is 48.9 Å². The molecule has 0 radical (unpaired) electrons. The monoisotopic (exact) mass is 444 g/mol. The summed E-state index contributed by atoms with van der Waals surface area (Å²) in [6.45, 7) is 0.546. The first kappa shape index (κ1) is 21.9. The molecule has 0 unspecified atom stereocenters. The Hall–Kier alpha value is -2.84. The van der Waals surface area contributed by atoms with E-state index in [1.807, 2.05) is 24.3 Å². The van der Waals surface area contributed by atoms with Gasteiger partial charge in [-0.1, -0.05) is 18.2 Å². The van der Waals surface area contributed by atoms with Crippen molar-refractivity contribution in [2.45, 2.75) is 17.1 Å². The average Bonchev–Trinajstić information content (AvgIpc) is 3.32. The van der Waals surface area contributed by atoms with Crippen LogP contribution in [0, 0.1) is 0 Å².